The molecule has 0 heterocycles. The van der Waals surface area contributed by atoms with E-state index in [1.54, 1.807) is 42.5 Å². The third kappa shape index (κ3) is 8.42. The van der Waals surface area contributed by atoms with E-state index in [9.17, 15) is 14.0 Å². The Morgan fingerprint density at radius 2 is 1.57 bits per heavy atom. The number of halogens is 1. The summed E-state index contributed by atoms with van der Waals surface area (Å²) in [6.45, 7) is 2.58. The number of hydrogen-bond acceptors (Lipinski definition) is 4. The van der Waals surface area contributed by atoms with Gasteiger partial charge in [0, 0.05) is 16.9 Å². The molecule has 35 heavy (non-hydrogen) atoms. The highest BCUT2D eigenvalue weighted by Crippen LogP contribution is 2.18. The van der Waals surface area contributed by atoms with Crippen LogP contribution in [0, 0.1) is 12.7 Å². The van der Waals surface area contributed by atoms with E-state index < -0.39 is 12.1 Å². The average molecular weight is 479 g/mol. The SMILES string of the molecule is Cc1ccc(NC(=O)[C@H](CCCCN)NC(=O)Nc2ccc(OCc3ccccc3F)cc2)cc1. The van der Waals surface area contributed by atoms with Crippen molar-refractivity contribution in [3.05, 3.63) is 89.7 Å². The van der Waals surface area contributed by atoms with E-state index in [2.05, 4.69) is 16.0 Å². The number of nitrogens with two attached hydrogens (primary N) is 1. The van der Waals surface area contributed by atoms with E-state index in [0.717, 1.165) is 12.0 Å². The van der Waals surface area contributed by atoms with Gasteiger partial charge in [0.15, 0.2) is 0 Å². The van der Waals surface area contributed by atoms with Crippen molar-refractivity contribution in [3.63, 3.8) is 0 Å². The Bertz CT molecular complexity index is 1100. The zero-order valence-electron chi connectivity index (χ0n) is 19.7. The predicted octanol–water partition coefficient (Wildman–Crippen LogP) is 4.97. The number of ether oxygens (including phenoxy) is 1. The third-order valence-corrected chi connectivity index (χ3v) is 5.35. The number of rotatable bonds is 11. The fourth-order valence-electron chi connectivity index (χ4n) is 3.36. The van der Waals surface area contributed by atoms with E-state index in [4.69, 9.17) is 10.5 Å². The molecule has 0 bridgehead atoms. The Hall–Kier alpha value is -3.91. The van der Waals surface area contributed by atoms with Crippen LogP contribution in [0.2, 0.25) is 0 Å². The molecule has 0 radical (unpaired) electrons. The summed E-state index contributed by atoms with van der Waals surface area (Å²) in [5.41, 5.74) is 8.31. The Morgan fingerprint density at radius 1 is 0.914 bits per heavy atom. The minimum absolute atomic E-state index is 0.0977. The highest BCUT2D eigenvalue weighted by molar-refractivity contribution is 5.99. The molecule has 1 atom stereocenters. The van der Waals surface area contributed by atoms with Crippen LogP contribution in [0.15, 0.2) is 72.8 Å². The fraction of sp³-hybridized carbons (Fsp3) is 0.259. The zero-order valence-corrected chi connectivity index (χ0v) is 19.7. The normalized spacial score (nSPS) is 11.4. The van der Waals surface area contributed by atoms with Crippen molar-refractivity contribution in [1.29, 1.82) is 0 Å². The molecule has 0 unspecified atom stereocenters. The first-order valence-electron chi connectivity index (χ1n) is 11.6. The summed E-state index contributed by atoms with van der Waals surface area (Å²) >= 11 is 0. The number of amides is 3. The largest absolute Gasteiger partial charge is 0.489 e. The molecular weight excluding hydrogens is 447 g/mol. The fourth-order valence-corrected chi connectivity index (χ4v) is 3.36. The molecule has 0 aromatic heterocycles. The first-order valence-corrected chi connectivity index (χ1v) is 11.6. The van der Waals surface area contributed by atoms with Gasteiger partial charge < -0.3 is 26.4 Å². The highest BCUT2D eigenvalue weighted by Gasteiger charge is 2.20. The van der Waals surface area contributed by atoms with Gasteiger partial charge in [-0.25, -0.2) is 9.18 Å². The molecule has 0 saturated carbocycles. The van der Waals surface area contributed by atoms with Crippen LogP contribution in [0.1, 0.15) is 30.4 Å². The van der Waals surface area contributed by atoms with Gasteiger partial charge in [-0.1, -0.05) is 35.9 Å². The number of unbranched alkanes of at least 4 members (excludes halogenated alkanes) is 1. The molecule has 0 aliphatic carbocycles. The molecule has 8 heteroatoms. The van der Waals surface area contributed by atoms with Crippen molar-refractivity contribution in [2.75, 3.05) is 17.2 Å². The van der Waals surface area contributed by atoms with Crippen LogP contribution in [0.25, 0.3) is 0 Å². The van der Waals surface area contributed by atoms with Gasteiger partial charge >= 0.3 is 6.03 Å². The second kappa shape index (κ2) is 13.1. The van der Waals surface area contributed by atoms with Crippen molar-refractivity contribution in [2.45, 2.75) is 38.8 Å². The van der Waals surface area contributed by atoms with E-state index in [1.807, 2.05) is 31.2 Å². The number of hydrogen-bond donors (Lipinski definition) is 4. The number of aryl methyl sites for hydroxylation is 1. The summed E-state index contributed by atoms with van der Waals surface area (Å²) in [6, 6.07) is 19.4. The zero-order chi connectivity index (χ0) is 25.0. The van der Waals surface area contributed by atoms with Crippen molar-refractivity contribution < 1.29 is 18.7 Å². The quantitative estimate of drug-likeness (QED) is 0.292. The molecule has 0 saturated heterocycles. The minimum Gasteiger partial charge on any atom is -0.489 e. The van der Waals surface area contributed by atoms with Gasteiger partial charge in [-0.05, 0) is 75.2 Å². The lowest BCUT2D eigenvalue weighted by Gasteiger charge is -2.19. The summed E-state index contributed by atoms with van der Waals surface area (Å²) in [5.74, 6) is -0.0795. The molecule has 0 fully saturated rings. The van der Waals surface area contributed by atoms with Gasteiger partial charge in [0.1, 0.15) is 24.2 Å². The lowest BCUT2D eigenvalue weighted by molar-refractivity contribution is -0.118. The summed E-state index contributed by atoms with van der Waals surface area (Å²) in [6.07, 6.45) is 1.92. The van der Waals surface area contributed by atoms with Gasteiger partial charge in [0.25, 0.3) is 0 Å². The first kappa shape index (κ1) is 25.7. The number of urea groups is 1. The van der Waals surface area contributed by atoms with Gasteiger partial charge in [0.2, 0.25) is 5.91 Å². The van der Waals surface area contributed by atoms with Crippen LogP contribution in [0.5, 0.6) is 5.75 Å². The summed E-state index contributed by atoms with van der Waals surface area (Å²) in [4.78, 5) is 25.4. The van der Waals surface area contributed by atoms with Crippen molar-refractivity contribution in [1.82, 2.24) is 5.32 Å². The van der Waals surface area contributed by atoms with Crippen molar-refractivity contribution >= 4 is 23.3 Å². The predicted molar refractivity (Wildman–Crippen MR) is 136 cm³/mol. The average Bonchev–Trinajstić information content (AvgIpc) is 2.85. The summed E-state index contributed by atoms with van der Waals surface area (Å²) in [7, 11) is 0. The molecule has 5 N–H and O–H groups in total. The highest BCUT2D eigenvalue weighted by atomic mass is 19.1. The van der Waals surface area contributed by atoms with Crippen molar-refractivity contribution in [2.24, 2.45) is 5.73 Å². The maximum atomic E-state index is 13.7. The lowest BCUT2D eigenvalue weighted by Crippen LogP contribution is -2.45. The van der Waals surface area contributed by atoms with Crippen LogP contribution in [0.4, 0.5) is 20.6 Å². The Labute approximate surface area is 204 Å². The maximum Gasteiger partial charge on any atom is 0.319 e. The monoisotopic (exact) mass is 478 g/mol. The Kier molecular flexibility index (Phi) is 9.62. The number of carbonyl (C=O) groups excluding carboxylic acids is 2. The topological polar surface area (TPSA) is 105 Å². The van der Waals surface area contributed by atoms with Crippen LogP contribution < -0.4 is 26.4 Å². The molecule has 7 nitrogen and oxygen atoms in total. The molecule has 0 spiro atoms. The van der Waals surface area contributed by atoms with Gasteiger partial charge in [-0.2, -0.15) is 0 Å². The molecular formula is C27H31FN4O3. The molecule has 0 aliphatic rings. The molecule has 184 valence electrons. The first-order chi connectivity index (χ1) is 16.9. The van der Waals surface area contributed by atoms with Crippen molar-refractivity contribution in [3.8, 4) is 5.75 Å². The van der Waals surface area contributed by atoms with E-state index in [0.29, 0.717) is 42.1 Å². The third-order valence-electron chi connectivity index (χ3n) is 5.35. The van der Waals surface area contributed by atoms with Gasteiger partial charge in [-0.3, -0.25) is 4.79 Å². The number of benzene rings is 3. The number of nitrogens with one attached hydrogen (secondary N) is 3. The summed E-state index contributed by atoms with van der Waals surface area (Å²) < 4.78 is 19.3. The molecule has 3 amide bonds. The lowest BCUT2D eigenvalue weighted by atomic mass is 10.1. The minimum atomic E-state index is -0.716. The second-order valence-electron chi connectivity index (χ2n) is 8.20. The smallest absolute Gasteiger partial charge is 0.319 e. The molecule has 3 rings (SSSR count). The molecule has 0 aliphatic heterocycles. The molecule has 3 aromatic rings. The van der Waals surface area contributed by atoms with E-state index >= 15 is 0 Å². The van der Waals surface area contributed by atoms with E-state index in [1.165, 1.54) is 6.07 Å². The number of carbonyl (C=O) groups is 2. The molecule has 3 aromatic carbocycles. The van der Waals surface area contributed by atoms with Crippen LogP contribution in [0.3, 0.4) is 0 Å². The van der Waals surface area contributed by atoms with Crippen LogP contribution in [-0.2, 0) is 11.4 Å². The van der Waals surface area contributed by atoms with Crippen LogP contribution >= 0.6 is 0 Å². The van der Waals surface area contributed by atoms with Gasteiger partial charge in [0.05, 0.1) is 0 Å². The second-order valence-corrected chi connectivity index (χ2v) is 8.20. The Balaban J connectivity index is 1.55. The number of anilines is 2. The summed E-state index contributed by atoms with van der Waals surface area (Å²) in [5, 5.41) is 8.32. The van der Waals surface area contributed by atoms with Crippen LogP contribution in [-0.4, -0.2) is 24.5 Å². The maximum absolute atomic E-state index is 13.7. The Morgan fingerprint density at radius 3 is 2.26 bits per heavy atom. The van der Waals surface area contributed by atoms with Gasteiger partial charge in [-0.15, -0.1) is 0 Å². The standard InChI is InChI=1S/C27H31FN4O3/c1-19-9-11-21(12-10-19)30-26(33)25(8-4-5-17-29)32-27(34)31-22-13-15-23(16-14-22)35-18-20-6-2-3-7-24(20)28/h2-3,6-7,9-16,25H,4-5,8,17-18,29H2,1H3,(H,30,33)(H2,31,32,34)/t25-/m0/s1. The van der Waals surface area contributed by atoms with E-state index in [-0.39, 0.29) is 18.3 Å².